The normalized spacial score (nSPS) is 11.4. The average molecular weight is 414 g/mol. The van der Waals surface area contributed by atoms with E-state index in [1.54, 1.807) is 6.07 Å². The van der Waals surface area contributed by atoms with Crippen LogP contribution >= 0.6 is 39.1 Å². The zero-order chi connectivity index (χ0) is 15.8. The monoisotopic (exact) mass is 412 g/mol. The zero-order valence-electron chi connectivity index (χ0n) is 10.2. The van der Waals surface area contributed by atoms with Crippen molar-refractivity contribution in [3.8, 4) is 0 Å². The van der Waals surface area contributed by atoms with Crippen LogP contribution in [-0.4, -0.2) is 8.42 Å². The number of para-hydroxylation sites is 1. The third-order valence-corrected chi connectivity index (χ3v) is 5.22. The Morgan fingerprint density at radius 2 is 1.76 bits per heavy atom. The van der Waals surface area contributed by atoms with Gasteiger partial charge in [0, 0.05) is 10.2 Å². The highest BCUT2D eigenvalue weighted by atomic mass is 79.9. The van der Waals surface area contributed by atoms with Gasteiger partial charge in [0.1, 0.15) is 10.7 Å². The first-order valence-corrected chi connectivity index (χ1v) is 8.47. The lowest BCUT2D eigenvalue weighted by Gasteiger charge is -2.12. The van der Waals surface area contributed by atoms with Crippen molar-refractivity contribution in [1.29, 1.82) is 0 Å². The van der Waals surface area contributed by atoms with Crippen molar-refractivity contribution >= 4 is 60.5 Å². The van der Waals surface area contributed by atoms with Crippen molar-refractivity contribution in [2.45, 2.75) is 4.90 Å². The smallest absolute Gasteiger partial charge is 0.264 e. The summed E-state index contributed by atoms with van der Waals surface area (Å²) in [6, 6.07) is 6.44. The summed E-state index contributed by atoms with van der Waals surface area (Å²) in [7, 11) is -4.22. The molecule has 112 valence electrons. The second kappa shape index (κ2) is 6.00. The van der Waals surface area contributed by atoms with Gasteiger partial charge in [-0.25, -0.2) is 12.8 Å². The van der Waals surface area contributed by atoms with Crippen LogP contribution in [0.3, 0.4) is 0 Å². The number of rotatable bonds is 3. The average Bonchev–Trinajstić information content (AvgIpc) is 2.38. The summed E-state index contributed by atoms with van der Waals surface area (Å²) in [6.07, 6.45) is 0. The minimum atomic E-state index is -4.22. The molecule has 0 amide bonds. The van der Waals surface area contributed by atoms with Gasteiger partial charge in [-0.3, -0.25) is 4.72 Å². The molecule has 9 heteroatoms. The maximum atomic E-state index is 13.9. The molecular formula is C12H8BrCl2FN2O2S. The van der Waals surface area contributed by atoms with Gasteiger partial charge in [0.2, 0.25) is 0 Å². The summed E-state index contributed by atoms with van der Waals surface area (Å²) < 4.78 is 40.8. The Kier molecular flexibility index (Phi) is 4.67. The number of anilines is 2. The molecule has 0 aromatic heterocycles. The topological polar surface area (TPSA) is 72.2 Å². The number of nitrogen functional groups attached to an aromatic ring is 1. The van der Waals surface area contributed by atoms with Crippen molar-refractivity contribution < 1.29 is 12.8 Å². The Balaban J connectivity index is 2.51. The van der Waals surface area contributed by atoms with Crippen LogP contribution in [0, 0.1) is 5.82 Å². The molecular weight excluding hydrogens is 406 g/mol. The van der Waals surface area contributed by atoms with E-state index in [2.05, 4.69) is 20.7 Å². The molecule has 0 aliphatic heterocycles. The summed E-state index contributed by atoms with van der Waals surface area (Å²) in [5.41, 5.74) is 5.64. The van der Waals surface area contributed by atoms with Gasteiger partial charge in [-0.05, 0) is 40.2 Å². The summed E-state index contributed by atoms with van der Waals surface area (Å²) in [5, 5.41) is 0.188. The molecule has 0 radical (unpaired) electrons. The number of nitrogens with two attached hydrogens (primary N) is 1. The Bertz CT molecular complexity index is 795. The fourth-order valence-electron chi connectivity index (χ4n) is 1.54. The van der Waals surface area contributed by atoms with E-state index in [1.807, 2.05) is 0 Å². The van der Waals surface area contributed by atoms with E-state index in [-0.39, 0.29) is 25.9 Å². The Morgan fingerprint density at radius 3 is 2.33 bits per heavy atom. The molecule has 0 heterocycles. The first-order chi connectivity index (χ1) is 9.72. The van der Waals surface area contributed by atoms with Crippen LogP contribution in [-0.2, 0) is 10.0 Å². The molecule has 0 saturated heterocycles. The predicted octanol–water partition coefficient (Wildman–Crippen LogP) is 4.28. The maximum absolute atomic E-state index is 13.9. The van der Waals surface area contributed by atoms with Crippen LogP contribution in [0.1, 0.15) is 0 Å². The largest absolute Gasteiger partial charge is 0.398 e. The van der Waals surface area contributed by atoms with Gasteiger partial charge < -0.3 is 5.73 Å². The number of benzene rings is 2. The highest BCUT2D eigenvalue weighted by Gasteiger charge is 2.22. The summed E-state index contributed by atoms with van der Waals surface area (Å²) in [5.74, 6) is -0.952. The number of hydrogen-bond acceptors (Lipinski definition) is 3. The Hall–Kier alpha value is -1.02. The molecule has 0 aliphatic carbocycles. The first-order valence-electron chi connectivity index (χ1n) is 5.43. The minimum Gasteiger partial charge on any atom is -0.398 e. The molecule has 21 heavy (non-hydrogen) atoms. The first kappa shape index (κ1) is 16.4. The van der Waals surface area contributed by atoms with Crippen molar-refractivity contribution in [1.82, 2.24) is 0 Å². The van der Waals surface area contributed by atoms with Gasteiger partial charge in [-0.15, -0.1) is 0 Å². The zero-order valence-corrected chi connectivity index (χ0v) is 14.1. The van der Waals surface area contributed by atoms with E-state index in [4.69, 9.17) is 28.9 Å². The molecule has 0 aliphatic rings. The molecule has 2 aromatic rings. The summed E-state index contributed by atoms with van der Waals surface area (Å²) >= 11 is 14.8. The summed E-state index contributed by atoms with van der Waals surface area (Å²) in [6.45, 7) is 0. The van der Waals surface area contributed by atoms with Gasteiger partial charge in [-0.1, -0.05) is 29.3 Å². The molecule has 3 N–H and O–H groups in total. The SMILES string of the molecule is Nc1cc(S(=O)(=O)Nc2c(Cl)cccc2Cl)c(F)cc1Br. The van der Waals surface area contributed by atoms with Crippen LogP contribution in [0.25, 0.3) is 0 Å². The minimum absolute atomic E-state index is 0.0262. The second-order valence-corrected chi connectivity index (χ2v) is 7.33. The molecule has 0 atom stereocenters. The van der Waals surface area contributed by atoms with Crippen LogP contribution in [0.2, 0.25) is 10.0 Å². The number of halogens is 4. The van der Waals surface area contributed by atoms with E-state index in [9.17, 15) is 12.8 Å². The highest BCUT2D eigenvalue weighted by molar-refractivity contribution is 9.10. The van der Waals surface area contributed by atoms with Crippen LogP contribution in [0.5, 0.6) is 0 Å². The van der Waals surface area contributed by atoms with Crippen molar-refractivity contribution in [3.63, 3.8) is 0 Å². The van der Waals surface area contributed by atoms with Crippen molar-refractivity contribution in [3.05, 3.63) is 50.7 Å². The van der Waals surface area contributed by atoms with Crippen molar-refractivity contribution in [2.75, 3.05) is 10.5 Å². The second-order valence-electron chi connectivity index (χ2n) is 4.01. The number of sulfonamides is 1. The number of hydrogen-bond donors (Lipinski definition) is 2. The van der Waals surface area contributed by atoms with E-state index >= 15 is 0 Å². The van der Waals surface area contributed by atoms with E-state index in [0.717, 1.165) is 12.1 Å². The molecule has 0 bridgehead atoms. The Labute approximate surface area is 139 Å². The molecule has 2 rings (SSSR count). The van der Waals surface area contributed by atoms with Crippen LogP contribution in [0.4, 0.5) is 15.8 Å². The van der Waals surface area contributed by atoms with Gasteiger partial charge in [0.25, 0.3) is 10.0 Å². The van der Waals surface area contributed by atoms with Gasteiger partial charge in [0.15, 0.2) is 0 Å². The van der Waals surface area contributed by atoms with Gasteiger partial charge in [-0.2, -0.15) is 0 Å². The third-order valence-electron chi connectivity index (χ3n) is 2.54. The molecule has 0 unspecified atom stereocenters. The van der Waals surface area contributed by atoms with Crippen molar-refractivity contribution in [2.24, 2.45) is 0 Å². The fourth-order valence-corrected chi connectivity index (χ4v) is 3.65. The van der Waals surface area contributed by atoms with Crippen LogP contribution in [0.15, 0.2) is 39.7 Å². The molecule has 0 spiro atoms. The third kappa shape index (κ3) is 3.42. The predicted molar refractivity (Wildman–Crippen MR) is 85.8 cm³/mol. The summed E-state index contributed by atoms with van der Waals surface area (Å²) in [4.78, 5) is -0.598. The Morgan fingerprint density at radius 1 is 1.19 bits per heavy atom. The van der Waals surface area contributed by atoms with Gasteiger partial charge >= 0.3 is 0 Å². The molecule has 0 fully saturated rings. The van der Waals surface area contributed by atoms with Gasteiger partial charge in [0.05, 0.1) is 15.7 Å². The number of nitrogens with one attached hydrogen (secondary N) is 1. The van der Waals surface area contributed by atoms with E-state index < -0.39 is 20.7 Å². The molecule has 0 saturated carbocycles. The lowest BCUT2D eigenvalue weighted by atomic mass is 10.3. The highest BCUT2D eigenvalue weighted by Crippen LogP contribution is 2.33. The van der Waals surface area contributed by atoms with Crippen LogP contribution < -0.4 is 10.5 Å². The van der Waals surface area contributed by atoms with E-state index in [1.165, 1.54) is 12.1 Å². The lowest BCUT2D eigenvalue weighted by molar-refractivity contribution is 0.570. The van der Waals surface area contributed by atoms with E-state index in [0.29, 0.717) is 0 Å². The standard InChI is InChI=1S/C12H8BrCl2FN2O2S/c13-6-4-9(16)11(5-10(6)17)21(19,20)18-12-7(14)2-1-3-8(12)15/h1-5,18H,17H2. The lowest BCUT2D eigenvalue weighted by Crippen LogP contribution is -2.15. The molecule has 2 aromatic carbocycles. The fraction of sp³-hybridized carbons (Fsp3) is 0. The maximum Gasteiger partial charge on any atom is 0.264 e. The quantitative estimate of drug-likeness (QED) is 0.737. The molecule has 4 nitrogen and oxygen atoms in total.